The summed E-state index contributed by atoms with van der Waals surface area (Å²) in [6, 6.07) is 4.92. The van der Waals surface area contributed by atoms with Crippen LogP contribution in [-0.2, 0) is 6.54 Å². The molecule has 0 aliphatic rings. The van der Waals surface area contributed by atoms with Gasteiger partial charge in [0.05, 0.1) is 11.4 Å². The van der Waals surface area contributed by atoms with Gasteiger partial charge in [0.2, 0.25) is 0 Å². The maximum Gasteiger partial charge on any atom is 0.128 e. The van der Waals surface area contributed by atoms with Crippen LogP contribution in [0.25, 0.3) is 5.69 Å². The van der Waals surface area contributed by atoms with Crippen molar-refractivity contribution in [2.45, 2.75) is 6.54 Å². The quantitative estimate of drug-likeness (QED) is 0.816. The first kappa shape index (κ1) is 9.79. The standard InChI is InChI=1S/C10H9F2N3/c11-7-3-8(12)5-10(4-7)15-2-1-9(6-13)14-15/h1-5H,6,13H2. The Hall–Kier alpha value is -1.75. The van der Waals surface area contributed by atoms with Gasteiger partial charge in [0, 0.05) is 18.8 Å². The number of nitrogens with zero attached hydrogens (tertiary/aromatic N) is 2. The van der Waals surface area contributed by atoms with Crippen LogP contribution in [0.4, 0.5) is 8.78 Å². The Morgan fingerprint density at radius 1 is 1.20 bits per heavy atom. The molecule has 1 aromatic heterocycles. The summed E-state index contributed by atoms with van der Waals surface area (Å²) in [6.07, 6.45) is 1.61. The molecule has 1 heterocycles. The van der Waals surface area contributed by atoms with Gasteiger partial charge in [-0.3, -0.25) is 0 Å². The summed E-state index contributed by atoms with van der Waals surface area (Å²) >= 11 is 0. The zero-order valence-corrected chi connectivity index (χ0v) is 7.82. The van der Waals surface area contributed by atoms with Gasteiger partial charge in [0.1, 0.15) is 11.6 Å². The van der Waals surface area contributed by atoms with E-state index >= 15 is 0 Å². The number of aromatic nitrogens is 2. The van der Waals surface area contributed by atoms with Crippen molar-refractivity contribution in [2.75, 3.05) is 0 Å². The van der Waals surface area contributed by atoms with E-state index < -0.39 is 11.6 Å². The van der Waals surface area contributed by atoms with Crippen LogP contribution in [0.1, 0.15) is 5.69 Å². The molecule has 0 atom stereocenters. The second kappa shape index (κ2) is 3.78. The second-order valence-corrected chi connectivity index (χ2v) is 3.08. The van der Waals surface area contributed by atoms with Crippen LogP contribution >= 0.6 is 0 Å². The van der Waals surface area contributed by atoms with E-state index in [-0.39, 0.29) is 0 Å². The first-order valence-electron chi connectivity index (χ1n) is 4.40. The Morgan fingerprint density at radius 2 is 1.87 bits per heavy atom. The van der Waals surface area contributed by atoms with Gasteiger partial charge in [0.15, 0.2) is 0 Å². The molecule has 0 aliphatic heterocycles. The third kappa shape index (κ3) is 2.02. The summed E-state index contributed by atoms with van der Waals surface area (Å²) < 4.78 is 27.2. The topological polar surface area (TPSA) is 43.8 Å². The zero-order valence-electron chi connectivity index (χ0n) is 7.82. The predicted octanol–water partition coefficient (Wildman–Crippen LogP) is 1.61. The molecule has 1 aromatic carbocycles. The van der Waals surface area contributed by atoms with E-state index in [1.807, 2.05) is 0 Å². The minimum absolute atomic E-state index is 0.296. The Kier molecular flexibility index (Phi) is 2.47. The Bertz CT molecular complexity index is 459. The Labute approximate surface area is 85.1 Å². The Morgan fingerprint density at radius 3 is 2.40 bits per heavy atom. The number of rotatable bonds is 2. The summed E-state index contributed by atoms with van der Waals surface area (Å²) in [5, 5.41) is 4.04. The van der Waals surface area contributed by atoms with E-state index in [0.29, 0.717) is 17.9 Å². The van der Waals surface area contributed by atoms with Crippen molar-refractivity contribution < 1.29 is 8.78 Å². The van der Waals surface area contributed by atoms with Crippen molar-refractivity contribution in [1.82, 2.24) is 9.78 Å². The molecule has 0 amide bonds. The van der Waals surface area contributed by atoms with Crippen molar-refractivity contribution >= 4 is 0 Å². The van der Waals surface area contributed by atoms with Crippen molar-refractivity contribution in [2.24, 2.45) is 5.73 Å². The summed E-state index contributed by atoms with van der Waals surface area (Å²) in [5.41, 5.74) is 6.38. The van der Waals surface area contributed by atoms with Gasteiger partial charge in [0.25, 0.3) is 0 Å². The maximum atomic E-state index is 12.9. The summed E-state index contributed by atoms with van der Waals surface area (Å²) in [6.45, 7) is 0.296. The number of nitrogens with two attached hydrogens (primary N) is 1. The van der Waals surface area contributed by atoms with Gasteiger partial charge in [-0.05, 0) is 18.2 Å². The van der Waals surface area contributed by atoms with Crippen LogP contribution in [0.3, 0.4) is 0 Å². The molecule has 0 bridgehead atoms. The summed E-state index contributed by atoms with van der Waals surface area (Å²) in [7, 11) is 0. The van der Waals surface area contributed by atoms with Gasteiger partial charge in [-0.1, -0.05) is 0 Å². The van der Waals surface area contributed by atoms with Crippen molar-refractivity contribution in [3.8, 4) is 5.69 Å². The highest BCUT2D eigenvalue weighted by molar-refractivity contribution is 5.32. The molecule has 2 rings (SSSR count). The molecule has 2 aromatic rings. The van der Waals surface area contributed by atoms with Gasteiger partial charge in [-0.2, -0.15) is 5.10 Å². The average Bonchev–Trinajstić information content (AvgIpc) is 2.64. The number of benzene rings is 1. The number of hydrogen-bond acceptors (Lipinski definition) is 2. The Balaban J connectivity index is 2.44. The molecule has 78 valence electrons. The zero-order chi connectivity index (χ0) is 10.8. The number of halogens is 2. The van der Waals surface area contributed by atoms with Crippen LogP contribution < -0.4 is 5.73 Å². The lowest BCUT2D eigenvalue weighted by Gasteiger charge is -2.01. The van der Waals surface area contributed by atoms with E-state index in [0.717, 1.165) is 6.07 Å². The first-order chi connectivity index (χ1) is 7.19. The molecule has 0 fully saturated rings. The predicted molar refractivity (Wildman–Crippen MR) is 51.4 cm³/mol. The lowest BCUT2D eigenvalue weighted by atomic mass is 10.3. The molecule has 3 nitrogen and oxygen atoms in total. The van der Waals surface area contributed by atoms with E-state index in [1.165, 1.54) is 16.8 Å². The molecule has 15 heavy (non-hydrogen) atoms. The smallest absolute Gasteiger partial charge is 0.128 e. The molecule has 0 radical (unpaired) electrons. The minimum atomic E-state index is -0.630. The monoisotopic (exact) mass is 209 g/mol. The third-order valence-electron chi connectivity index (χ3n) is 1.97. The molecule has 0 saturated carbocycles. The molecule has 0 saturated heterocycles. The normalized spacial score (nSPS) is 10.6. The van der Waals surface area contributed by atoms with Gasteiger partial charge < -0.3 is 5.73 Å². The fourth-order valence-corrected chi connectivity index (χ4v) is 1.29. The highest BCUT2D eigenvalue weighted by Gasteiger charge is 2.04. The van der Waals surface area contributed by atoms with E-state index in [4.69, 9.17) is 5.73 Å². The molecular formula is C10H9F2N3. The minimum Gasteiger partial charge on any atom is -0.325 e. The van der Waals surface area contributed by atoms with Crippen molar-refractivity contribution in [3.63, 3.8) is 0 Å². The third-order valence-corrected chi connectivity index (χ3v) is 1.97. The molecule has 0 aliphatic carbocycles. The first-order valence-corrected chi connectivity index (χ1v) is 4.40. The molecular weight excluding hydrogens is 200 g/mol. The van der Waals surface area contributed by atoms with Gasteiger partial charge >= 0.3 is 0 Å². The fraction of sp³-hybridized carbons (Fsp3) is 0.100. The summed E-state index contributed by atoms with van der Waals surface area (Å²) in [4.78, 5) is 0. The highest BCUT2D eigenvalue weighted by atomic mass is 19.1. The van der Waals surface area contributed by atoms with Crippen LogP contribution in [0, 0.1) is 11.6 Å². The number of hydrogen-bond donors (Lipinski definition) is 1. The molecule has 0 spiro atoms. The molecule has 5 heteroatoms. The fourth-order valence-electron chi connectivity index (χ4n) is 1.29. The van der Waals surface area contributed by atoms with Crippen molar-refractivity contribution in [1.29, 1.82) is 0 Å². The maximum absolute atomic E-state index is 12.9. The highest BCUT2D eigenvalue weighted by Crippen LogP contribution is 2.12. The van der Waals surface area contributed by atoms with Crippen LogP contribution in [-0.4, -0.2) is 9.78 Å². The van der Waals surface area contributed by atoms with E-state index in [9.17, 15) is 8.78 Å². The van der Waals surface area contributed by atoms with Crippen LogP contribution in [0.15, 0.2) is 30.5 Å². The second-order valence-electron chi connectivity index (χ2n) is 3.08. The largest absolute Gasteiger partial charge is 0.325 e. The average molecular weight is 209 g/mol. The van der Waals surface area contributed by atoms with Crippen LogP contribution in [0.2, 0.25) is 0 Å². The van der Waals surface area contributed by atoms with Crippen molar-refractivity contribution in [3.05, 3.63) is 47.8 Å². The van der Waals surface area contributed by atoms with Gasteiger partial charge in [-0.15, -0.1) is 0 Å². The lowest BCUT2D eigenvalue weighted by Crippen LogP contribution is -2.01. The molecule has 2 N–H and O–H groups in total. The lowest BCUT2D eigenvalue weighted by molar-refractivity contribution is 0.580. The van der Waals surface area contributed by atoms with E-state index in [2.05, 4.69) is 5.10 Å². The van der Waals surface area contributed by atoms with Crippen LogP contribution in [0.5, 0.6) is 0 Å². The summed E-state index contributed by atoms with van der Waals surface area (Å²) in [5.74, 6) is -1.26. The SMILES string of the molecule is NCc1ccn(-c2cc(F)cc(F)c2)n1. The van der Waals surface area contributed by atoms with Gasteiger partial charge in [-0.25, -0.2) is 13.5 Å². The van der Waals surface area contributed by atoms with E-state index in [1.54, 1.807) is 12.3 Å². The molecule has 0 unspecified atom stereocenters.